The van der Waals surface area contributed by atoms with E-state index >= 15 is 0 Å². The summed E-state index contributed by atoms with van der Waals surface area (Å²) >= 11 is 0. The highest BCUT2D eigenvalue weighted by molar-refractivity contribution is 6.10. The summed E-state index contributed by atoms with van der Waals surface area (Å²) in [4.78, 5) is 16.0. The fourth-order valence-corrected chi connectivity index (χ4v) is 2.62. The minimum absolute atomic E-state index is 0.188. The third kappa shape index (κ3) is 2.29. The highest BCUT2D eigenvalue weighted by atomic mass is 16.5. The Morgan fingerprint density at radius 2 is 2.05 bits per heavy atom. The molecule has 0 saturated heterocycles. The Labute approximate surface area is 122 Å². The molecule has 0 fully saturated rings. The van der Waals surface area contributed by atoms with E-state index in [2.05, 4.69) is 4.99 Å². The van der Waals surface area contributed by atoms with Crippen LogP contribution in [0.1, 0.15) is 27.0 Å². The number of carbonyl (C=O) groups is 1. The van der Waals surface area contributed by atoms with E-state index in [1.807, 2.05) is 37.3 Å². The first-order valence-electron chi connectivity index (χ1n) is 6.68. The number of nitrogens with zero attached hydrogens (tertiary/aromatic N) is 1. The van der Waals surface area contributed by atoms with Crippen LogP contribution in [0.4, 0.5) is 5.69 Å². The molecular weight excluding hydrogens is 266 g/mol. The zero-order valence-electron chi connectivity index (χ0n) is 11.9. The number of aliphatic imine (C=N–C) groups is 1. The van der Waals surface area contributed by atoms with Crippen molar-refractivity contribution in [2.24, 2.45) is 4.99 Å². The highest BCUT2D eigenvalue weighted by Gasteiger charge is 2.24. The summed E-state index contributed by atoms with van der Waals surface area (Å²) in [6.07, 6.45) is 0.623. The van der Waals surface area contributed by atoms with E-state index in [1.165, 1.54) is 13.2 Å². The monoisotopic (exact) mass is 281 g/mol. The second-order valence-electron chi connectivity index (χ2n) is 5.04. The SMILES string of the molecule is COc1cc2c(c(C(=O)O)c1)N=C(c1ccccc1C)C2. The second kappa shape index (κ2) is 5.05. The summed E-state index contributed by atoms with van der Waals surface area (Å²) in [7, 11) is 1.53. The molecule has 1 aliphatic heterocycles. The lowest BCUT2D eigenvalue weighted by Crippen LogP contribution is -2.02. The summed E-state index contributed by atoms with van der Waals surface area (Å²) in [5.74, 6) is -0.438. The smallest absolute Gasteiger partial charge is 0.338 e. The summed E-state index contributed by atoms with van der Waals surface area (Å²) in [5.41, 5.74) is 4.72. The lowest BCUT2D eigenvalue weighted by atomic mass is 9.99. The van der Waals surface area contributed by atoms with Crippen molar-refractivity contribution in [3.8, 4) is 5.75 Å². The van der Waals surface area contributed by atoms with Crippen molar-refractivity contribution in [1.82, 2.24) is 0 Å². The number of carboxylic acids is 1. The first-order valence-corrected chi connectivity index (χ1v) is 6.68. The maximum atomic E-state index is 11.4. The predicted octanol–water partition coefficient (Wildman–Crippen LogP) is 3.38. The molecule has 1 N–H and O–H groups in total. The number of aromatic carboxylic acids is 1. The second-order valence-corrected chi connectivity index (χ2v) is 5.04. The van der Waals surface area contributed by atoms with Gasteiger partial charge in [0.25, 0.3) is 0 Å². The lowest BCUT2D eigenvalue weighted by Gasteiger charge is -2.06. The average molecular weight is 281 g/mol. The number of rotatable bonds is 3. The molecule has 3 rings (SSSR count). The Morgan fingerprint density at radius 1 is 1.29 bits per heavy atom. The van der Waals surface area contributed by atoms with Crippen LogP contribution in [0.25, 0.3) is 0 Å². The number of ether oxygens (including phenoxy) is 1. The summed E-state index contributed by atoms with van der Waals surface area (Å²) in [6.45, 7) is 2.03. The van der Waals surface area contributed by atoms with Crippen molar-refractivity contribution in [2.75, 3.05) is 7.11 Å². The number of aryl methyl sites for hydroxylation is 1. The Bertz CT molecular complexity index is 763. The zero-order valence-corrected chi connectivity index (χ0v) is 11.9. The molecule has 21 heavy (non-hydrogen) atoms. The van der Waals surface area contributed by atoms with Crippen molar-refractivity contribution in [2.45, 2.75) is 13.3 Å². The molecule has 0 aromatic heterocycles. The largest absolute Gasteiger partial charge is 0.497 e. The van der Waals surface area contributed by atoms with Crippen LogP contribution in [-0.4, -0.2) is 23.9 Å². The summed E-state index contributed by atoms with van der Waals surface area (Å²) in [5, 5.41) is 9.36. The molecule has 2 aromatic rings. The van der Waals surface area contributed by atoms with Crippen molar-refractivity contribution in [1.29, 1.82) is 0 Å². The number of hydrogen-bond acceptors (Lipinski definition) is 3. The normalized spacial score (nSPS) is 12.8. The molecule has 4 heteroatoms. The molecule has 0 unspecified atom stereocenters. The van der Waals surface area contributed by atoms with E-state index in [1.54, 1.807) is 0 Å². The van der Waals surface area contributed by atoms with Gasteiger partial charge in [-0.3, -0.25) is 4.99 Å². The van der Waals surface area contributed by atoms with Crippen LogP contribution in [0.15, 0.2) is 41.4 Å². The van der Waals surface area contributed by atoms with Gasteiger partial charge in [-0.15, -0.1) is 0 Å². The van der Waals surface area contributed by atoms with Crippen LogP contribution in [0.3, 0.4) is 0 Å². The fourth-order valence-electron chi connectivity index (χ4n) is 2.62. The molecule has 1 heterocycles. The molecule has 0 spiro atoms. The lowest BCUT2D eigenvalue weighted by molar-refractivity contribution is 0.0697. The van der Waals surface area contributed by atoms with Gasteiger partial charge in [-0.2, -0.15) is 0 Å². The van der Waals surface area contributed by atoms with Gasteiger partial charge >= 0.3 is 5.97 Å². The van der Waals surface area contributed by atoms with Gasteiger partial charge in [0.15, 0.2) is 0 Å². The molecule has 1 aliphatic rings. The molecular formula is C17H15NO3. The van der Waals surface area contributed by atoms with Gasteiger partial charge in [0.1, 0.15) is 5.75 Å². The first-order chi connectivity index (χ1) is 10.1. The molecule has 0 amide bonds. The van der Waals surface area contributed by atoms with Crippen LogP contribution < -0.4 is 4.74 Å². The van der Waals surface area contributed by atoms with Crippen molar-refractivity contribution < 1.29 is 14.6 Å². The topological polar surface area (TPSA) is 58.9 Å². The minimum Gasteiger partial charge on any atom is -0.497 e. The number of hydrogen-bond donors (Lipinski definition) is 1. The minimum atomic E-state index is -0.986. The molecule has 0 bridgehead atoms. The van der Waals surface area contributed by atoms with E-state index in [4.69, 9.17) is 4.74 Å². The molecule has 2 aromatic carbocycles. The van der Waals surface area contributed by atoms with Crippen LogP contribution in [0.2, 0.25) is 0 Å². The highest BCUT2D eigenvalue weighted by Crippen LogP contribution is 2.36. The quantitative estimate of drug-likeness (QED) is 0.938. The van der Waals surface area contributed by atoms with Crippen molar-refractivity contribution in [3.05, 3.63) is 58.7 Å². The van der Waals surface area contributed by atoms with Crippen molar-refractivity contribution >= 4 is 17.4 Å². The predicted molar refractivity (Wildman–Crippen MR) is 81.0 cm³/mol. The van der Waals surface area contributed by atoms with E-state index in [-0.39, 0.29) is 5.56 Å². The Kier molecular flexibility index (Phi) is 3.22. The van der Waals surface area contributed by atoms with E-state index in [0.717, 1.165) is 22.4 Å². The Hall–Kier alpha value is -2.62. The van der Waals surface area contributed by atoms with Crippen LogP contribution in [-0.2, 0) is 6.42 Å². The average Bonchev–Trinajstić information content (AvgIpc) is 2.89. The van der Waals surface area contributed by atoms with Crippen LogP contribution >= 0.6 is 0 Å². The van der Waals surface area contributed by atoms with Crippen LogP contribution in [0.5, 0.6) is 5.75 Å². The summed E-state index contributed by atoms with van der Waals surface area (Å²) < 4.78 is 5.18. The van der Waals surface area contributed by atoms with Gasteiger partial charge < -0.3 is 9.84 Å². The third-order valence-corrected chi connectivity index (χ3v) is 3.69. The number of fused-ring (bicyclic) bond motifs is 1. The molecule has 0 radical (unpaired) electrons. The third-order valence-electron chi connectivity index (χ3n) is 3.69. The molecule has 0 aliphatic carbocycles. The molecule has 106 valence electrons. The molecule has 0 atom stereocenters. The van der Waals surface area contributed by atoms with E-state index in [0.29, 0.717) is 17.9 Å². The van der Waals surface area contributed by atoms with Crippen LogP contribution in [0, 0.1) is 6.92 Å². The Morgan fingerprint density at radius 3 is 2.71 bits per heavy atom. The number of methoxy groups -OCH3 is 1. The fraction of sp³-hybridized carbons (Fsp3) is 0.176. The van der Waals surface area contributed by atoms with Gasteiger partial charge in [0, 0.05) is 6.42 Å². The van der Waals surface area contributed by atoms with Gasteiger partial charge in [0.05, 0.1) is 24.1 Å². The molecule has 4 nitrogen and oxygen atoms in total. The van der Waals surface area contributed by atoms with Gasteiger partial charge in [-0.1, -0.05) is 24.3 Å². The maximum absolute atomic E-state index is 11.4. The number of benzene rings is 2. The van der Waals surface area contributed by atoms with E-state index in [9.17, 15) is 9.90 Å². The number of carboxylic acid groups (broad SMARTS) is 1. The van der Waals surface area contributed by atoms with E-state index < -0.39 is 5.97 Å². The van der Waals surface area contributed by atoms with Gasteiger partial charge in [-0.05, 0) is 35.7 Å². The standard InChI is InChI=1S/C17H15NO3/c1-10-5-3-4-6-13(10)15-8-11-7-12(21-2)9-14(17(19)20)16(11)18-15/h3-7,9H,8H2,1-2H3,(H,19,20). The Balaban J connectivity index is 2.12. The first kappa shape index (κ1) is 13.4. The van der Waals surface area contributed by atoms with Crippen molar-refractivity contribution in [3.63, 3.8) is 0 Å². The van der Waals surface area contributed by atoms with Gasteiger partial charge in [0.2, 0.25) is 0 Å². The maximum Gasteiger partial charge on any atom is 0.338 e. The summed E-state index contributed by atoms with van der Waals surface area (Å²) in [6, 6.07) is 11.4. The molecule has 0 saturated carbocycles. The zero-order chi connectivity index (χ0) is 15.0. The van der Waals surface area contributed by atoms with Gasteiger partial charge in [-0.25, -0.2) is 4.79 Å².